The summed E-state index contributed by atoms with van der Waals surface area (Å²) >= 11 is 0. The van der Waals surface area contributed by atoms with Crippen LogP contribution >= 0.6 is 0 Å². The van der Waals surface area contributed by atoms with Crippen molar-refractivity contribution in [2.45, 2.75) is 6.42 Å². The molecule has 0 aliphatic carbocycles. The van der Waals surface area contributed by atoms with Crippen LogP contribution in [0.4, 0.5) is 0 Å². The Balaban J connectivity index is 2.53. The molecule has 0 aromatic heterocycles. The maximum absolute atomic E-state index is 5.20. The average Bonchev–Trinajstić information content (AvgIpc) is 1.81. The van der Waals surface area contributed by atoms with Gasteiger partial charge < -0.3 is 16.2 Å². The molecular formula is C5H14N2O. The fourth-order valence-corrected chi connectivity index (χ4v) is 0.371. The molecule has 4 N–H and O–H groups in total. The van der Waals surface area contributed by atoms with Gasteiger partial charge in [0.25, 0.3) is 0 Å². The molecule has 0 heterocycles. The topological polar surface area (TPSA) is 61.3 Å². The van der Waals surface area contributed by atoms with Gasteiger partial charge in [0.05, 0.1) is 6.61 Å². The lowest BCUT2D eigenvalue weighted by atomic mass is 10.5. The Labute approximate surface area is 50.0 Å². The third-order valence-electron chi connectivity index (χ3n) is 0.755. The molecule has 0 amide bonds. The molecule has 0 saturated heterocycles. The van der Waals surface area contributed by atoms with Crippen LogP contribution in [0.3, 0.4) is 0 Å². The highest BCUT2D eigenvalue weighted by atomic mass is 16.5. The highest BCUT2D eigenvalue weighted by Gasteiger charge is 1.81. The lowest BCUT2D eigenvalue weighted by Crippen LogP contribution is -2.11. The van der Waals surface area contributed by atoms with Crippen LogP contribution in [0.25, 0.3) is 0 Å². The van der Waals surface area contributed by atoms with Crippen LogP contribution in [-0.4, -0.2) is 26.3 Å². The number of hydrogen-bond acceptors (Lipinski definition) is 3. The second kappa shape index (κ2) is 6.88. The zero-order chi connectivity index (χ0) is 6.24. The highest BCUT2D eigenvalue weighted by molar-refractivity contribution is 4.35. The second-order valence-electron chi connectivity index (χ2n) is 1.54. The summed E-state index contributed by atoms with van der Waals surface area (Å²) in [5, 5.41) is 0. The third-order valence-corrected chi connectivity index (χ3v) is 0.755. The lowest BCUT2D eigenvalue weighted by molar-refractivity contribution is 0.140. The van der Waals surface area contributed by atoms with Crippen LogP contribution in [-0.2, 0) is 4.74 Å². The molecule has 0 aromatic rings. The molecule has 0 atom stereocenters. The van der Waals surface area contributed by atoms with E-state index >= 15 is 0 Å². The van der Waals surface area contributed by atoms with Crippen molar-refractivity contribution in [1.29, 1.82) is 0 Å². The molecule has 0 fully saturated rings. The molecule has 0 aliphatic heterocycles. The molecule has 0 aromatic carbocycles. The molecule has 0 aliphatic rings. The SMILES string of the molecule is NCCCOCCN. The summed E-state index contributed by atoms with van der Waals surface area (Å²) in [6.45, 7) is 2.70. The molecule has 0 spiro atoms. The first-order valence-electron chi connectivity index (χ1n) is 2.89. The summed E-state index contributed by atoms with van der Waals surface area (Å²) in [4.78, 5) is 0. The first-order valence-corrected chi connectivity index (χ1v) is 2.89. The van der Waals surface area contributed by atoms with Gasteiger partial charge in [-0.05, 0) is 13.0 Å². The van der Waals surface area contributed by atoms with Gasteiger partial charge in [-0.25, -0.2) is 0 Å². The molecular weight excluding hydrogens is 104 g/mol. The molecule has 0 radical (unpaired) electrons. The van der Waals surface area contributed by atoms with Crippen molar-refractivity contribution in [1.82, 2.24) is 0 Å². The Bertz CT molecular complexity index is 35.4. The van der Waals surface area contributed by atoms with Crippen molar-refractivity contribution in [2.75, 3.05) is 26.3 Å². The van der Waals surface area contributed by atoms with Crippen LogP contribution in [0.1, 0.15) is 6.42 Å². The maximum Gasteiger partial charge on any atom is 0.0588 e. The van der Waals surface area contributed by atoms with Crippen molar-refractivity contribution >= 4 is 0 Å². The molecule has 8 heavy (non-hydrogen) atoms. The van der Waals surface area contributed by atoms with Gasteiger partial charge in [0.15, 0.2) is 0 Å². The normalized spacial score (nSPS) is 9.75. The Morgan fingerprint density at radius 2 is 1.75 bits per heavy atom. The zero-order valence-electron chi connectivity index (χ0n) is 5.10. The fraction of sp³-hybridized carbons (Fsp3) is 1.00. The summed E-state index contributed by atoms with van der Waals surface area (Å²) in [6, 6.07) is 0. The van der Waals surface area contributed by atoms with E-state index in [0.29, 0.717) is 19.7 Å². The molecule has 3 nitrogen and oxygen atoms in total. The summed E-state index contributed by atoms with van der Waals surface area (Å²) in [5.41, 5.74) is 10.4. The van der Waals surface area contributed by atoms with Crippen molar-refractivity contribution in [3.8, 4) is 0 Å². The number of hydrogen-bond donors (Lipinski definition) is 2. The Morgan fingerprint density at radius 3 is 2.25 bits per heavy atom. The fourth-order valence-electron chi connectivity index (χ4n) is 0.371. The maximum atomic E-state index is 5.20. The number of nitrogens with two attached hydrogens (primary N) is 2. The van der Waals surface area contributed by atoms with E-state index in [-0.39, 0.29) is 0 Å². The number of ether oxygens (including phenoxy) is 1. The van der Waals surface area contributed by atoms with Gasteiger partial charge in [0.1, 0.15) is 0 Å². The second-order valence-corrected chi connectivity index (χ2v) is 1.54. The van der Waals surface area contributed by atoms with E-state index in [1.165, 1.54) is 0 Å². The first-order chi connectivity index (χ1) is 3.91. The Morgan fingerprint density at radius 1 is 1.00 bits per heavy atom. The van der Waals surface area contributed by atoms with Crippen LogP contribution in [0.15, 0.2) is 0 Å². The van der Waals surface area contributed by atoms with E-state index in [4.69, 9.17) is 16.2 Å². The van der Waals surface area contributed by atoms with Crippen LogP contribution in [0.5, 0.6) is 0 Å². The molecule has 0 bridgehead atoms. The van der Waals surface area contributed by atoms with E-state index in [1.807, 2.05) is 0 Å². The predicted octanol–water partition coefficient (Wildman–Crippen LogP) is -0.689. The van der Waals surface area contributed by atoms with Crippen molar-refractivity contribution in [3.05, 3.63) is 0 Å². The minimum absolute atomic E-state index is 0.602. The van der Waals surface area contributed by atoms with E-state index < -0.39 is 0 Å². The van der Waals surface area contributed by atoms with E-state index in [2.05, 4.69) is 0 Å². The van der Waals surface area contributed by atoms with E-state index in [0.717, 1.165) is 13.0 Å². The van der Waals surface area contributed by atoms with E-state index in [9.17, 15) is 0 Å². The van der Waals surface area contributed by atoms with Gasteiger partial charge in [-0.3, -0.25) is 0 Å². The molecule has 3 heteroatoms. The van der Waals surface area contributed by atoms with Gasteiger partial charge in [0.2, 0.25) is 0 Å². The van der Waals surface area contributed by atoms with E-state index in [1.54, 1.807) is 0 Å². The molecule has 0 rings (SSSR count). The summed E-state index contributed by atoms with van der Waals surface area (Å²) < 4.78 is 5.02. The monoisotopic (exact) mass is 118 g/mol. The Kier molecular flexibility index (Phi) is 6.78. The van der Waals surface area contributed by atoms with Gasteiger partial charge in [-0.2, -0.15) is 0 Å². The summed E-state index contributed by atoms with van der Waals surface area (Å²) in [7, 11) is 0. The minimum atomic E-state index is 0.602. The van der Waals surface area contributed by atoms with Gasteiger partial charge >= 0.3 is 0 Å². The Hall–Kier alpha value is -0.120. The highest BCUT2D eigenvalue weighted by Crippen LogP contribution is 1.76. The lowest BCUT2D eigenvalue weighted by Gasteiger charge is -1.97. The largest absolute Gasteiger partial charge is 0.380 e. The van der Waals surface area contributed by atoms with Crippen LogP contribution < -0.4 is 11.5 Å². The number of rotatable bonds is 5. The van der Waals surface area contributed by atoms with Crippen molar-refractivity contribution in [2.24, 2.45) is 11.5 Å². The van der Waals surface area contributed by atoms with Crippen LogP contribution in [0.2, 0.25) is 0 Å². The zero-order valence-corrected chi connectivity index (χ0v) is 5.10. The van der Waals surface area contributed by atoms with Crippen molar-refractivity contribution in [3.63, 3.8) is 0 Å². The third kappa shape index (κ3) is 5.88. The smallest absolute Gasteiger partial charge is 0.0588 e. The minimum Gasteiger partial charge on any atom is -0.380 e. The molecule has 0 unspecified atom stereocenters. The molecule has 0 saturated carbocycles. The predicted molar refractivity (Wildman–Crippen MR) is 33.5 cm³/mol. The van der Waals surface area contributed by atoms with Crippen molar-refractivity contribution < 1.29 is 4.74 Å². The average molecular weight is 118 g/mol. The summed E-state index contributed by atoms with van der Waals surface area (Å²) in [5.74, 6) is 0. The standard InChI is InChI=1S/C5H14N2O/c6-2-1-4-8-5-3-7/h1-7H2. The van der Waals surface area contributed by atoms with Crippen LogP contribution in [0, 0.1) is 0 Å². The quantitative estimate of drug-likeness (QED) is 0.470. The van der Waals surface area contributed by atoms with Gasteiger partial charge in [-0.1, -0.05) is 0 Å². The van der Waals surface area contributed by atoms with Gasteiger partial charge in [0, 0.05) is 13.2 Å². The summed E-state index contributed by atoms with van der Waals surface area (Å²) in [6.07, 6.45) is 0.931. The molecule has 50 valence electrons. The first kappa shape index (κ1) is 7.88. The van der Waals surface area contributed by atoms with Gasteiger partial charge in [-0.15, -0.1) is 0 Å².